The summed E-state index contributed by atoms with van der Waals surface area (Å²) < 4.78 is 5.00. The highest BCUT2D eigenvalue weighted by Gasteiger charge is 2.10. The molecule has 0 aliphatic heterocycles. The largest absolute Gasteiger partial charge is 0.472 e. The van der Waals surface area contributed by atoms with Crippen molar-refractivity contribution in [2.75, 3.05) is 7.05 Å². The number of hydrogen-bond acceptors (Lipinski definition) is 3. The molecule has 1 unspecified atom stereocenters. The lowest BCUT2D eigenvalue weighted by Crippen LogP contribution is -2.31. The summed E-state index contributed by atoms with van der Waals surface area (Å²) in [6, 6.07) is 2.33. The summed E-state index contributed by atoms with van der Waals surface area (Å²) in [6.45, 7) is 2.97. The Balaban J connectivity index is 2.41. The van der Waals surface area contributed by atoms with Gasteiger partial charge in [0.05, 0.1) is 17.5 Å². The van der Waals surface area contributed by atoms with Gasteiger partial charge in [0.25, 0.3) is 0 Å². The van der Waals surface area contributed by atoms with E-state index in [1.807, 2.05) is 6.07 Å². The van der Waals surface area contributed by atoms with Gasteiger partial charge in [-0.1, -0.05) is 12.2 Å². The number of thiocarbonyl (C=S) groups is 1. The summed E-state index contributed by atoms with van der Waals surface area (Å²) in [5.41, 5.74) is 6.66. The zero-order valence-corrected chi connectivity index (χ0v) is 9.38. The molecule has 0 aliphatic carbocycles. The van der Waals surface area contributed by atoms with Gasteiger partial charge in [-0.25, -0.2) is 0 Å². The second-order valence-electron chi connectivity index (χ2n) is 3.57. The van der Waals surface area contributed by atoms with E-state index < -0.39 is 0 Å². The van der Waals surface area contributed by atoms with Crippen LogP contribution in [0.2, 0.25) is 0 Å². The standard InChI is InChI=1S/C10H16N2OS/c1-8(5-10(11)14)12(2)6-9-3-4-13-7-9/h3-4,7-8H,5-6H2,1-2H3,(H2,11,14). The average Bonchev–Trinajstić information content (AvgIpc) is 2.55. The molecule has 1 rings (SSSR count). The first-order chi connectivity index (χ1) is 6.59. The minimum absolute atomic E-state index is 0.363. The van der Waals surface area contributed by atoms with Crippen LogP contribution in [0.25, 0.3) is 0 Å². The third-order valence-electron chi connectivity index (χ3n) is 2.26. The van der Waals surface area contributed by atoms with Gasteiger partial charge < -0.3 is 10.2 Å². The quantitative estimate of drug-likeness (QED) is 0.755. The fourth-order valence-electron chi connectivity index (χ4n) is 1.27. The van der Waals surface area contributed by atoms with E-state index in [1.54, 1.807) is 12.5 Å². The molecular formula is C10H16N2OS. The summed E-state index contributed by atoms with van der Waals surface area (Å²) in [6.07, 6.45) is 4.19. The van der Waals surface area contributed by atoms with Gasteiger partial charge in [0, 0.05) is 24.6 Å². The minimum atomic E-state index is 0.363. The van der Waals surface area contributed by atoms with Gasteiger partial charge >= 0.3 is 0 Å². The monoisotopic (exact) mass is 212 g/mol. The van der Waals surface area contributed by atoms with Crippen LogP contribution in [0, 0.1) is 0 Å². The molecule has 2 N–H and O–H groups in total. The van der Waals surface area contributed by atoms with Crippen molar-refractivity contribution in [2.24, 2.45) is 5.73 Å². The topological polar surface area (TPSA) is 42.4 Å². The first kappa shape index (κ1) is 11.2. The first-order valence-electron chi connectivity index (χ1n) is 4.59. The molecule has 0 aliphatic rings. The second kappa shape index (κ2) is 5.12. The predicted octanol–water partition coefficient (Wildman–Crippen LogP) is 1.78. The van der Waals surface area contributed by atoms with Crippen LogP contribution in [-0.4, -0.2) is 23.0 Å². The van der Waals surface area contributed by atoms with Crippen molar-refractivity contribution < 1.29 is 4.42 Å². The Kier molecular flexibility index (Phi) is 4.10. The summed E-state index contributed by atoms with van der Waals surface area (Å²) in [4.78, 5) is 2.76. The Morgan fingerprint density at radius 3 is 2.93 bits per heavy atom. The third kappa shape index (κ3) is 3.47. The fourth-order valence-corrected chi connectivity index (χ4v) is 1.51. The zero-order valence-electron chi connectivity index (χ0n) is 8.56. The fraction of sp³-hybridized carbons (Fsp3) is 0.500. The van der Waals surface area contributed by atoms with E-state index in [0.29, 0.717) is 11.0 Å². The normalized spacial score (nSPS) is 13.1. The van der Waals surface area contributed by atoms with Crippen molar-refractivity contribution in [3.8, 4) is 0 Å². The Bertz CT molecular complexity index is 284. The molecule has 1 heterocycles. The molecule has 1 aromatic heterocycles. The predicted molar refractivity (Wildman–Crippen MR) is 61.0 cm³/mol. The van der Waals surface area contributed by atoms with E-state index >= 15 is 0 Å². The van der Waals surface area contributed by atoms with Gasteiger partial charge in [-0.2, -0.15) is 0 Å². The second-order valence-corrected chi connectivity index (χ2v) is 4.09. The number of nitrogens with two attached hydrogens (primary N) is 1. The molecule has 0 saturated heterocycles. The van der Waals surface area contributed by atoms with Crippen LogP contribution in [0.5, 0.6) is 0 Å². The van der Waals surface area contributed by atoms with Gasteiger partial charge in [0.1, 0.15) is 0 Å². The molecule has 78 valence electrons. The summed E-state index contributed by atoms with van der Waals surface area (Å²) >= 11 is 4.87. The Hall–Kier alpha value is -0.870. The van der Waals surface area contributed by atoms with Crippen LogP contribution in [0.1, 0.15) is 18.9 Å². The van der Waals surface area contributed by atoms with Crippen molar-refractivity contribution >= 4 is 17.2 Å². The Morgan fingerprint density at radius 1 is 1.71 bits per heavy atom. The van der Waals surface area contributed by atoms with Crippen molar-refractivity contribution in [1.82, 2.24) is 4.90 Å². The molecule has 0 radical (unpaired) electrons. The molecule has 0 amide bonds. The van der Waals surface area contributed by atoms with Crippen molar-refractivity contribution in [3.05, 3.63) is 24.2 Å². The molecule has 4 heteroatoms. The van der Waals surface area contributed by atoms with E-state index in [-0.39, 0.29) is 0 Å². The van der Waals surface area contributed by atoms with Crippen molar-refractivity contribution in [2.45, 2.75) is 25.9 Å². The van der Waals surface area contributed by atoms with Gasteiger partial charge in [-0.05, 0) is 20.0 Å². The lowest BCUT2D eigenvalue weighted by atomic mass is 10.2. The molecule has 14 heavy (non-hydrogen) atoms. The molecule has 0 bridgehead atoms. The van der Waals surface area contributed by atoms with Crippen molar-refractivity contribution in [3.63, 3.8) is 0 Å². The van der Waals surface area contributed by atoms with E-state index in [1.165, 1.54) is 5.56 Å². The van der Waals surface area contributed by atoms with E-state index in [4.69, 9.17) is 22.4 Å². The zero-order chi connectivity index (χ0) is 10.6. The molecule has 1 atom stereocenters. The summed E-state index contributed by atoms with van der Waals surface area (Å²) in [5, 5.41) is 0. The molecule has 3 nitrogen and oxygen atoms in total. The highest BCUT2D eigenvalue weighted by Crippen LogP contribution is 2.08. The van der Waals surface area contributed by atoms with Crippen LogP contribution >= 0.6 is 12.2 Å². The van der Waals surface area contributed by atoms with Crippen LogP contribution in [0.4, 0.5) is 0 Å². The van der Waals surface area contributed by atoms with Crippen LogP contribution in [-0.2, 0) is 6.54 Å². The van der Waals surface area contributed by atoms with Gasteiger partial charge in [-0.3, -0.25) is 4.90 Å². The van der Waals surface area contributed by atoms with Gasteiger partial charge in [-0.15, -0.1) is 0 Å². The summed E-state index contributed by atoms with van der Waals surface area (Å²) in [5.74, 6) is 0. The molecular weight excluding hydrogens is 196 g/mol. The molecule has 1 aromatic rings. The van der Waals surface area contributed by atoms with Crippen molar-refractivity contribution in [1.29, 1.82) is 0 Å². The van der Waals surface area contributed by atoms with E-state index in [2.05, 4.69) is 18.9 Å². The Morgan fingerprint density at radius 2 is 2.43 bits per heavy atom. The van der Waals surface area contributed by atoms with Gasteiger partial charge in [0.15, 0.2) is 0 Å². The van der Waals surface area contributed by atoms with Crippen LogP contribution < -0.4 is 5.73 Å². The molecule has 0 aromatic carbocycles. The highest BCUT2D eigenvalue weighted by atomic mass is 32.1. The van der Waals surface area contributed by atoms with Crippen LogP contribution in [0.15, 0.2) is 23.0 Å². The average molecular weight is 212 g/mol. The van der Waals surface area contributed by atoms with Gasteiger partial charge in [0.2, 0.25) is 0 Å². The third-order valence-corrected chi connectivity index (χ3v) is 2.43. The maximum Gasteiger partial charge on any atom is 0.0947 e. The number of rotatable bonds is 5. The Labute approximate surface area is 89.9 Å². The lowest BCUT2D eigenvalue weighted by molar-refractivity contribution is 0.254. The molecule has 0 spiro atoms. The summed E-state index contributed by atoms with van der Waals surface area (Å²) in [7, 11) is 2.05. The maximum absolute atomic E-state index is 5.49. The van der Waals surface area contributed by atoms with E-state index in [0.717, 1.165) is 13.0 Å². The maximum atomic E-state index is 5.49. The minimum Gasteiger partial charge on any atom is -0.472 e. The van der Waals surface area contributed by atoms with E-state index in [9.17, 15) is 0 Å². The SMILES string of the molecule is CC(CC(N)=S)N(C)Cc1ccoc1. The number of furan rings is 1. The highest BCUT2D eigenvalue weighted by molar-refractivity contribution is 7.80. The number of hydrogen-bond donors (Lipinski definition) is 1. The molecule has 0 fully saturated rings. The molecule has 0 saturated carbocycles. The van der Waals surface area contributed by atoms with Crippen LogP contribution in [0.3, 0.4) is 0 Å². The first-order valence-corrected chi connectivity index (χ1v) is 5.00. The lowest BCUT2D eigenvalue weighted by Gasteiger charge is -2.23. The smallest absolute Gasteiger partial charge is 0.0947 e. The number of nitrogens with zero attached hydrogens (tertiary/aromatic N) is 1.